The Labute approximate surface area is 167 Å². The first-order valence-corrected chi connectivity index (χ1v) is 9.32. The second-order valence-electron chi connectivity index (χ2n) is 5.91. The molecule has 0 fully saturated rings. The molecule has 1 amide bonds. The molecule has 3 rings (SSSR count). The molecule has 0 radical (unpaired) electrons. The molecule has 0 spiro atoms. The lowest BCUT2D eigenvalue weighted by Crippen LogP contribution is -2.19. The van der Waals surface area contributed by atoms with Crippen molar-refractivity contribution >= 4 is 28.1 Å². The van der Waals surface area contributed by atoms with Gasteiger partial charge in [0.15, 0.2) is 0 Å². The number of hydrogen-bond donors (Lipinski definition) is 1. The molecule has 0 aliphatic heterocycles. The number of benzene rings is 3. The first-order valence-electron chi connectivity index (χ1n) is 8.53. The van der Waals surface area contributed by atoms with Crippen LogP contribution in [-0.4, -0.2) is 12.1 Å². The molecular weight excluding hydrogens is 404 g/mol. The number of hydrazone groups is 1. The van der Waals surface area contributed by atoms with Crippen molar-refractivity contribution in [2.24, 2.45) is 5.10 Å². The zero-order valence-electron chi connectivity index (χ0n) is 14.6. The van der Waals surface area contributed by atoms with Crippen molar-refractivity contribution in [3.63, 3.8) is 0 Å². The molecule has 0 saturated heterocycles. The molecule has 0 saturated carbocycles. The van der Waals surface area contributed by atoms with Crippen molar-refractivity contribution in [1.29, 1.82) is 0 Å². The second kappa shape index (κ2) is 9.69. The Balaban J connectivity index is 1.57. The van der Waals surface area contributed by atoms with Crippen LogP contribution < -0.4 is 10.2 Å². The van der Waals surface area contributed by atoms with Crippen LogP contribution >= 0.6 is 15.9 Å². The maximum Gasteiger partial charge on any atom is 0.244 e. The first kappa shape index (κ1) is 18.9. The molecule has 5 heteroatoms. The Morgan fingerprint density at radius 1 is 0.926 bits per heavy atom. The molecule has 0 atom stereocenters. The quantitative estimate of drug-likeness (QED) is 0.442. The maximum atomic E-state index is 12.0. The number of nitrogens with one attached hydrogen (secondary N) is 1. The fraction of sp³-hybridized carbons (Fsp3) is 0.0909. The molecule has 0 aliphatic carbocycles. The van der Waals surface area contributed by atoms with E-state index in [1.807, 2.05) is 78.9 Å². The number of halogens is 1. The van der Waals surface area contributed by atoms with Gasteiger partial charge in [0.2, 0.25) is 5.91 Å². The molecule has 0 unspecified atom stereocenters. The summed E-state index contributed by atoms with van der Waals surface area (Å²) in [6, 6.07) is 25.1. The summed E-state index contributed by atoms with van der Waals surface area (Å²) in [5.41, 5.74) is 5.38. The third kappa shape index (κ3) is 6.08. The van der Waals surface area contributed by atoms with Crippen molar-refractivity contribution in [1.82, 2.24) is 5.43 Å². The van der Waals surface area contributed by atoms with Crippen molar-refractivity contribution in [3.8, 4) is 5.75 Å². The van der Waals surface area contributed by atoms with E-state index in [4.69, 9.17) is 4.74 Å². The van der Waals surface area contributed by atoms with Crippen molar-refractivity contribution in [2.75, 3.05) is 0 Å². The zero-order chi connectivity index (χ0) is 18.9. The van der Waals surface area contributed by atoms with E-state index in [0.717, 1.165) is 21.2 Å². The summed E-state index contributed by atoms with van der Waals surface area (Å²) in [6.07, 6.45) is 1.89. The van der Waals surface area contributed by atoms with E-state index in [1.54, 1.807) is 6.21 Å². The van der Waals surface area contributed by atoms with E-state index in [1.165, 1.54) is 0 Å². The minimum Gasteiger partial charge on any atom is -0.488 e. The van der Waals surface area contributed by atoms with Crippen LogP contribution in [0.4, 0.5) is 0 Å². The minimum atomic E-state index is -0.161. The zero-order valence-corrected chi connectivity index (χ0v) is 16.2. The van der Waals surface area contributed by atoms with Gasteiger partial charge >= 0.3 is 0 Å². The lowest BCUT2D eigenvalue weighted by atomic mass is 10.1. The Hall–Kier alpha value is -2.92. The summed E-state index contributed by atoms with van der Waals surface area (Å²) in [4.78, 5) is 12.0. The number of carbonyl (C=O) groups is 1. The Kier molecular flexibility index (Phi) is 6.77. The number of rotatable bonds is 7. The third-order valence-electron chi connectivity index (χ3n) is 3.83. The van der Waals surface area contributed by atoms with E-state index in [9.17, 15) is 4.79 Å². The summed E-state index contributed by atoms with van der Waals surface area (Å²) in [6.45, 7) is 0.457. The largest absolute Gasteiger partial charge is 0.488 e. The Morgan fingerprint density at radius 3 is 2.41 bits per heavy atom. The van der Waals surface area contributed by atoms with Crippen LogP contribution in [0, 0.1) is 0 Å². The van der Waals surface area contributed by atoms with Crippen molar-refractivity contribution in [3.05, 3.63) is 100 Å². The van der Waals surface area contributed by atoms with Gasteiger partial charge < -0.3 is 4.74 Å². The summed E-state index contributed by atoms with van der Waals surface area (Å²) < 4.78 is 6.93. The van der Waals surface area contributed by atoms with E-state index in [0.29, 0.717) is 18.8 Å². The normalized spacial score (nSPS) is 10.7. The Bertz CT molecular complexity index is 909. The van der Waals surface area contributed by atoms with E-state index >= 15 is 0 Å². The van der Waals surface area contributed by atoms with E-state index in [-0.39, 0.29) is 5.91 Å². The predicted molar refractivity (Wildman–Crippen MR) is 111 cm³/mol. The number of nitrogens with zero attached hydrogens (tertiary/aromatic N) is 1. The third-order valence-corrected chi connectivity index (χ3v) is 4.36. The number of hydrogen-bond acceptors (Lipinski definition) is 3. The number of carbonyl (C=O) groups excluding carboxylic acids is 1. The van der Waals surface area contributed by atoms with Gasteiger partial charge in [-0.15, -0.1) is 0 Å². The van der Waals surface area contributed by atoms with Gasteiger partial charge in [0, 0.05) is 10.0 Å². The molecular formula is C22H19BrN2O2. The van der Waals surface area contributed by atoms with Gasteiger partial charge in [-0.05, 0) is 35.4 Å². The van der Waals surface area contributed by atoms with Crippen molar-refractivity contribution < 1.29 is 9.53 Å². The molecule has 3 aromatic carbocycles. The van der Waals surface area contributed by atoms with Crippen LogP contribution in [0.1, 0.15) is 16.7 Å². The summed E-state index contributed by atoms with van der Waals surface area (Å²) >= 11 is 3.42. The topological polar surface area (TPSA) is 50.7 Å². The van der Waals surface area contributed by atoms with Gasteiger partial charge in [-0.2, -0.15) is 5.10 Å². The molecule has 0 heterocycles. The van der Waals surface area contributed by atoms with Gasteiger partial charge in [-0.3, -0.25) is 4.79 Å². The van der Waals surface area contributed by atoms with Gasteiger partial charge in [0.1, 0.15) is 12.4 Å². The van der Waals surface area contributed by atoms with Crippen molar-refractivity contribution in [2.45, 2.75) is 13.0 Å². The number of ether oxygens (including phenoxy) is 1. The highest BCUT2D eigenvalue weighted by molar-refractivity contribution is 9.10. The number of para-hydroxylation sites is 1. The second-order valence-corrected chi connectivity index (χ2v) is 6.82. The SMILES string of the molecule is O=C(Cc1ccccc1)N/N=C/c1ccccc1OCc1ccc(Br)cc1. The number of amides is 1. The first-order chi connectivity index (χ1) is 13.2. The van der Waals surface area contributed by atoms with Gasteiger partial charge in [-0.1, -0.05) is 70.5 Å². The molecule has 136 valence electrons. The molecule has 0 aliphatic rings. The average Bonchev–Trinajstić information content (AvgIpc) is 2.69. The molecule has 27 heavy (non-hydrogen) atoms. The van der Waals surface area contributed by atoms with Gasteiger partial charge in [0.25, 0.3) is 0 Å². The minimum absolute atomic E-state index is 0.161. The predicted octanol–water partition coefficient (Wildman–Crippen LogP) is 4.72. The fourth-order valence-corrected chi connectivity index (χ4v) is 2.72. The van der Waals surface area contributed by atoms with Crippen LogP contribution in [0.15, 0.2) is 88.4 Å². The monoisotopic (exact) mass is 422 g/mol. The lowest BCUT2D eigenvalue weighted by molar-refractivity contribution is -0.120. The van der Waals surface area contributed by atoms with Crippen LogP contribution in [0.25, 0.3) is 0 Å². The molecule has 0 aromatic heterocycles. The van der Waals surface area contributed by atoms with E-state index in [2.05, 4.69) is 26.5 Å². The van der Waals surface area contributed by atoms with E-state index < -0.39 is 0 Å². The van der Waals surface area contributed by atoms with Crippen LogP contribution in [-0.2, 0) is 17.8 Å². The molecule has 4 nitrogen and oxygen atoms in total. The highest BCUT2D eigenvalue weighted by Crippen LogP contribution is 2.18. The van der Waals surface area contributed by atoms with Gasteiger partial charge in [0.05, 0.1) is 12.6 Å². The smallest absolute Gasteiger partial charge is 0.244 e. The molecule has 1 N–H and O–H groups in total. The summed E-state index contributed by atoms with van der Waals surface area (Å²) in [5.74, 6) is 0.548. The molecule has 0 bridgehead atoms. The Morgan fingerprint density at radius 2 is 1.63 bits per heavy atom. The standard InChI is InChI=1S/C22H19BrN2O2/c23-20-12-10-18(11-13-20)16-27-21-9-5-4-8-19(21)15-24-25-22(26)14-17-6-2-1-3-7-17/h1-13,15H,14,16H2,(H,25,26)/b24-15+. The maximum absolute atomic E-state index is 12.0. The summed E-state index contributed by atoms with van der Waals surface area (Å²) in [5, 5.41) is 4.05. The summed E-state index contributed by atoms with van der Waals surface area (Å²) in [7, 11) is 0. The van der Waals surface area contributed by atoms with Crippen LogP contribution in [0.3, 0.4) is 0 Å². The van der Waals surface area contributed by atoms with Crippen LogP contribution in [0.2, 0.25) is 0 Å². The van der Waals surface area contributed by atoms with Crippen LogP contribution in [0.5, 0.6) is 5.75 Å². The fourth-order valence-electron chi connectivity index (χ4n) is 2.45. The lowest BCUT2D eigenvalue weighted by Gasteiger charge is -2.09. The molecule has 3 aromatic rings. The highest BCUT2D eigenvalue weighted by Gasteiger charge is 2.03. The highest BCUT2D eigenvalue weighted by atomic mass is 79.9. The van der Waals surface area contributed by atoms with Gasteiger partial charge in [-0.25, -0.2) is 5.43 Å². The average molecular weight is 423 g/mol.